The zero-order valence-corrected chi connectivity index (χ0v) is 32.3. The zero-order valence-electron chi connectivity index (χ0n) is 32.3. The van der Waals surface area contributed by atoms with E-state index in [4.69, 9.17) is 23.7 Å². The molecule has 5 N–H and O–H groups in total. The van der Waals surface area contributed by atoms with Gasteiger partial charge in [0.1, 0.15) is 36.1 Å². The summed E-state index contributed by atoms with van der Waals surface area (Å²) < 4.78 is 27.0. The van der Waals surface area contributed by atoms with Crippen molar-refractivity contribution in [1.29, 1.82) is 0 Å². The molecule has 3 aromatic rings. The molecular formula is C39H45N5O13. The van der Waals surface area contributed by atoms with E-state index in [1.54, 1.807) is 39.0 Å². The number of phenolic OH excluding ortho intramolecular Hbond substituents is 1. The molecule has 0 saturated carbocycles. The number of amides is 4. The Labute approximate surface area is 328 Å². The van der Waals surface area contributed by atoms with Gasteiger partial charge in [-0.05, 0) is 67.8 Å². The lowest BCUT2D eigenvalue weighted by Gasteiger charge is -2.24. The van der Waals surface area contributed by atoms with Crippen molar-refractivity contribution in [2.75, 3.05) is 27.9 Å². The first kappa shape index (κ1) is 42.9. The summed E-state index contributed by atoms with van der Waals surface area (Å²) in [6.45, 7) is 8.33. The van der Waals surface area contributed by atoms with Gasteiger partial charge in [0.15, 0.2) is 11.5 Å². The Balaban J connectivity index is 1.91. The highest BCUT2D eigenvalue weighted by molar-refractivity contribution is 5.92. The number of nitro benzene ring substituents is 1. The van der Waals surface area contributed by atoms with Crippen LogP contribution in [0.5, 0.6) is 23.0 Å². The molecule has 5 rings (SSSR count). The smallest absolute Gasteiger partial charge is 0.408 e. The Hall–Kier alpha value is -6.85. The van der Waals surface area contributed by atoms with Gasteiger partial charge in [-0.3, -0.25) is 19.7 Å². The number of carbonyl (C=O) groups excluding carboxylic acids is 5. The molecule has 18 heteroatoms. The van der Waals surface area contributed by atoms with E-state index in [-0.39, 0.29) is 59.8 Å². The molecule has 3 aromatic carbocycles. The third-order valence-electron chi connectivity index (χ3n) is 8.45. The molecule has 3 atom stereocenters. The van der Waals surface area contributed by atoms with Crippen LogP contribution < -0.4 is 30.7 Å². The summed E-state index contributed by atoms with van der Waals surface area (Å²) in [7, 11) is 3.90. The Morgan fingerprint density at radius 3 is 2.40 bits per heavy atom. The number of benzene rings is 3. The van der Waals surface area contributed by atoms with Gasteiger partial charge < -0.3 is 50.1 Å². The fraction of sp³-hybridized carbons (Fsp3) is 0.359. The highest BCUT2D eigenvalue weighted by Gasteiger charge is 2.31. The number of methoxy groups -OCH3 is 2. The van der Waals surface area contributed by atoms with Gasteiger partial charge in [0.2, 0.25) is 17.6 Å². The first-order chi connectivity index (χ1) is 27.0. The van der Waals surface area contributed by atoms with Crippen molar-refractivity contribution in [3.05, 3.63) is 88.0 Å². The fourth-order valence-electron chi connectivity index (χ4n) is 5.87. The van der Waals surface area contributed by atoms with E-state index in [1.165, 1.54) is 50.6 Å². The van der Waals surface area contributed by atoms with Crippen molar-refractivity contribution >= 4 is 35.7 Å². The predicted octanol–water partition coefficient (Wildman–Crippen LogP) is 3.99. The van der Waals surface area contributed by atoms with Gasteiger partial charge in [0.25, 0.3) is 0 Å². The summed E-state index contributed by atoms with van der Waals surface area (Å²) >= 11 is 0. The Bertz CT molecular complexity index is 2040. The normalized spacial score (nSPS) is 15.6. The van der Waals surface area contributed by atoms with Gasteiger partial charge in [-0.1, -0.05) is 24.8 Å². The Morgan fingerprint density at radius 1 is 1.04 bits per heavy atom. The summed E-state index contributed by atoms with van der Waals surface area (Å²) in [6, 6.07) is 7.75. The first-order valence-electron chi connectivity index (χ1n) is 17.6. The second kappa shape index (κ2) is 18.7. The molecule has 0 fully saturated rings. The molecule has 2 heterocycles. The highest BCUT2D eigenvalue weighted by Crippen LogP contribution is 2.45. The van der Waals surface area contributed by atoms with E-state index in [1.807, 2.05) is 0 Å². The molecule has 0 spiro atoms. The topological polar surface area (TPSA) is 243 Å². The van der Waals surface area contributed by atoms with Crippen LogP contribution in [0.15, 0.2) is 61.2 Å². The number of ether oxygens (including phenoxy) is 5. The van der Waals surface area contributed by atoms with E-state index in [2.05, 4.69) is 27.8 Å². The molecule has 304 valence electrons. The zero-order chi connectivity index (χ0) is 42.0. The second-order valence-electron chi connectivity index (χ2n) is 13.8. The number of hydrogen-bond donors (Lipinski definition) is 5. The maximum Gasteiger partial charge on any atom is 0.408 e. The predicted molar refractivity (Wildman–Crippen MR) is 204 cm³/mol. The number of esters is 1. The molecule has 4 bridgehead atoms. The van der Waals surface area contributed by atoms with E-state index in [9.17, 15) is 39.2 Å². The lowest BCUT2D eigenvalue weighted by atomic mass is 9.94. The van der Waals surface area contributed by atoms with E-state index < -0.39 is 70.1 Å². The lowest BCUT2D eigenvalue weighted by Crippen LogP contribution is -2.54. The molecule has 2 aliphatic rings. The van der Waals surface area contributed by atoms with Crippen LogP contribution in [0.1, 0.15) is 37.5 Å². The average Bonchev–Trinajstić information content (AvgIpc) is 3.16. The van der Waals surface area contributed by atoms with Gasteiger partial charge >= 0.3 is 23.8 Å². The van der Waals surface area contributed by atoms with E-state index >= 15 is 0 Å². The largest absolute Gasteiger partial charge is 0.504 e. The number of nitrogens with zero attached hydrogens (tertiary/aromatic N) is 1. The molecule has 4 amide bonds. The Kier molecular flexibility index (Phi) is 14.0. The van der Waals surface area contributed by atoms with E-state index in [0.717, 1.165) is 7.11 Å². The fourth-order valence-corrected chi connectivity index (χ4v) is 5.87. The number of nitrogens with one attached hydrogen (secondary N) is 4. The van der Waals surface area contributed by atoms with Crippen molar-refractivity contribution in [3.63, 3.8) is 0 Å². The molecule has 0 saturated heterocycles. The number of carbonyl (C=O) groups is 5. The van der Waals surface area contributed by atoms with Gasteiger partial charge in [-0.15, -0.1) is 0 Å². The molecule has 0 unspecified atom stereocenters. The number of rotatable bonds is 11. The molecule has 0 aromatic heterocycles. The second-order valence-corrected chi connectivity index (χ2v) is 13.8. The lowest BCUT2D eigenvalue weighted by molar-refractivity contribution is -0.385. The summed E-state index contributed by atoms with van der Waals surface area (Å²) in [4.78, 5) is 76.6. The van der Waals surface area contributed by atoms with Crippen LogP contribution >= 0.6 is 0 Å². The maximum absolute atomic E-state index is 13.9. The summed E-state index contributed by atoms with van der Waals surface area (Å²) in [5.41, 5.74) is -0.0330. The van der Waals surface area contributed by atoms with Crippen LogP contribution in [0.2, 0.25) is 0 Å². The summed E-state index contributed by atoms with van der Waals surface area (Å²) in [5, 5.41) is 34.2. The van der Waals surface area contributed by atoms with Crippen LogP contribution in [0.4, 0.5) is 15.3 Å². The van der Waals surface area contributed by atoms with Crippen molar-refractivity contribution < 1.29 is 57.7 Å². The number of alkyl carbamates (subject to hydrolysis) is 2. The minimum atomic E-state index is -1.37. The van der Waals surface area contributed by atoms with Crippen molar-refractivity contribution in [1.82, 2.24) is 21.3 Å². The van der Waals surface area contributed by atoms with Crippen LogP contribution in [-0.4, -0.2) is 91.6 Å². The highest BCUT2D eigenvalue weighted by atomic mass is 16.6. The van der Waals surface area contributed by atoms with Gasteiger partial charge in [-0.2, -0.15) is 0 Å². The number of aromatic hydroxyl groups is 1. The monoisotopic (exact) mass is 791 g/mol. The van der Waals surface area contributed by atoms with Crippen molar-refractivity contribution in [3.8, 4) is 34.1 Å². The SMILES string of the molecule is C=CCOC(=O)N[C@H]1Cc2cc(c(O)c(-c3cc(C[C@H](NC(=O)OC(C)(C)C)C(=O)OC)ccc3OC)c2)Oc2ccc(cc2[N+](=O)[O-])C[C@@H](C(=O)NC)NC1=O. The van der Waals surface area contributed by atoms with Crippen LogP contribution in [0.3, 0.4) is 0 Å². The minimum absolute atomic E-state index is 0.0546. The quantitative estimate of drug-likeness (QED) is 0.0608. The number of hydrogen-bond acceptors (Lipinski definition) is 13. The van der Waals surface area contributed by atoms with Crippen molar-refractivity contribution in [2.45, 2.75) is 63.8 Å². The first-order valence-corrected chi connectivity index (χ1v) is 17.6. The number of nitro groups is 1. The molecule has 0 radical (unpaired) electrons. The number of fused-ring (bicyclic) bond motifs is 7. The standard InChI is InChI=1S/C39H45N5O13/c1-8-13-55-37(49)42-27-18-23-15-25(24-14-21(9-11-30(24)53-6)17-28(36(48)54-7)43-38(50)57-39(2,3)4)33(45)32(20-23)56-31-12-10-22(19-29(31)44(51)52)16-26(34(46)40-5)41-35(27)47/h8-12,14-15,19-20,26-28,45H,1,13,16-18H2,2-7H3,(H,40,46)(H,41,47)(H,42,49)(H,43,50)/t26-,27-,28-/m0/s1. The summed E-state index contributed by atoms with van der Waals surface area (Å²) in [5.74, 6) is -2.95. The van der Waals surface area contributed by atoms with Crippen LogP contribution in [0.25, 0.3) is 11.1 Å². The third kappa shape index (κ3) is 11.3. The van der Waals surface area contributed by atoms with Gasteiger partial charge in [0.05, 0.1) is 19.1 Å². The molecule has 57 heavy (non-hydrogen) atoms. The number of likely N-dealkylation sites (N-methyl/N-ethyl adjacent to an activating group) is 1. The molecule has 0 aliphatic carbocycles. The van der Waals surface area contributed by atoms with Gasteiger partial charge in [0, 0.05) is 43.5 Å². The summed E-state index contributed by atoms with van der Waals surface area (Å²) in [6.07, 6.45) is -1.04. The molecule has 2 aliphatic heterocycles. The van der Waals surface area contributed by atoms with Crippen LogP contribution in [-0.2, 0) is 47.9 Å². The maximum atomic E-state index is 13.9. The number of phenols is 1. The van der Waals surface area contributed by atoms with E-state index in [0.29, 0.717) is 11.1 Å². The minimum Gasteiger partial charge on any atom is -0.504 e. The molecule has 18 nitrogen and oxygen atoms in total. The van der Waals surface area contributed by atoms with Gasteiger partial charge in [-0.25, -0.2) is 14.4 Å². The average molecular weight is 792 g/mol. The Morgan fingerprint density at radius 2 is 1.77 bits per heavy atom. The molecular weight excluding hydrogens is 746 g/mol. The van der Waals surface area contributed by atoms with Crippen LogP contribution in [0, 0.1) is 10.1 Å². The van der Waals surface area contributed by atoms with Crippen molar-refractivity contribution in [2.24, 2.45) is 0 Å². The third-order valence-corrected chi connectivity index (χ3v) is 8.45.